The molecule has 200 valence electrons. The fourth-order valence-corrected chi connectivity index (χ4v) is 3.85. The Hall–Kier alpha value is -3.62. The van der Waals surface area contributed by atoms with Crippen molar-refractivity contribution in [3.8, 4) is 11.5 Å². The zero-order chi connectivity index (χ0) is 27.8. The summed E-state index contributed by atoms with van der Waals surface area (Å²) >= 11 is 0. The number of benzene rings is 2. The molecule has 0 fully saturated rings. The second-order valence-electron chi connectivity index (χ2n) is 9.05. The van der Waals surface area contributed by atoms with Crippen LogP contribution in [0, 0.1) is 5.92 Å². The van der Waals surface area contributed by atoms with Gasteiger partial charge in [0.2, 0.25) is 0 Å². The molecule has 37 heavy (non-hydrogen) atoms. The van der Waals surface area contributed by atoms with E-state index in [-0.39, 0.29) is 11.1 Å². The predicted molar refractivity (Wildman–Crippen MR) is 139 cm³/mol. The van der Waals surface area contributed by atoms with Gasteiger partial charge in [-0.1, -0.05) is 57.2 Å². The maximum Gasteiger partial charge on any atom is 0.330 e. The van der Waals surface area contributed by atoms with Crippen LogP contribution in [-0.2, 0) is 15.0 Å². The van der Waals surface area contributed by atoms with E-state index in [2.05, 4.69) is 0 Å². The Morgan fingerprint density at radius 1 is 0.757 bits per heavy atom. The monoisotopic (exact) mass is 512 g/mol. The molecular formula is C29H36O8. The second-order valence-corrected chi connectivity index (χ2v) is 9.05. The first-order valence-electron chi connectivity index (χ1n) is 12.2. The minimum Gasteiger partial charge on any atom is -0.478 e. The van der Waals surface area contributed by atoms with E-state index in [0.717, 1.165) is 11.1 Å². The van der Waals surface area contributed by atoms with Gasteiger partial charge >= 0.3 is 11.9 Å². The molecule has 0 saturated heterocycles. The molecular weight excluding hydrogens is 476 g/mol. The minimum absolute atomic E-state index is 0.0720. The summed E-state index contributed by atoms with van der Waals surface area (Å²) in [6, 6.07) is 14.1. The first-order chi connectivity index (χ1) is 17.4. The maximum atomic E-state index is 11.7. The summed E-state index contributed by atoms with van der Waals surface area (Å²) in [5.41, 5.74) is 0.756. The number of rotatable bonds is 13. The molecule has 0 bridgehead atoms. The molecule has 0 aliphatic rings. The molecule has 4 N–H and O–H groups in total. The smallest absolute Gasteiger partial charge is 0.330 e. The number of aliphatic hydroxyl groups excluding tert-OH is 2. The molecule has 0 aromatic heterocycles. The standard InChI is InChI=1S/C29H36O8/c1-6-25(30)36-23-12-8-20(9-13-23)29(5,21-10-14-24(15-11-21)37-26(31)7-2)22(16-18(3)27(32)33)17-19(4)28(34)35/h8-17,22,25-26,30-31H,6-7H2,1-5H3,(H,32,33)(H,34,35). The molecule has 2 atom stereocenters. The number of ether oxygens (including phenoxy) is 2. The summed E-state index contributed by atoms with van der Waals surface area (Å²) in [4.78, 5) is 23.4. The van der Waals surface area contributed by atoms with E-state index in [1.807, 2.05) is 31.2 Å². The third kappa shape index (κ3) is 7.68. The molecule has 0 aliphatic heterocycles. The lowest BCUT2D eigenvalue weighted by Crippen LogP contribution is -2.32. The lowest BCUT2D eigenvalue weighted by Gasteiger charge is -2.37. The molecule has 0 aliphatic carbocycles. The average molecular weight is 513 g/mol. The van der Waals surface area contributed by atoms with Gasteiger partial charge in [-0.05, 0) is 49.2 Å². The third-order valence-corrected chi connectivity index (χ3v) is 6.35. The predicted octanol–water partition coefficient (Wildman–Crippen LogP) is 4.89. The van der Waals surface area contributed by atoms with Gasteiger partial charge in [-0.15, -0.1) is 0 Å². The first-order valence-corrected chi connectivity index (χ1v) is 12.2. The highest BCUT2D eigenvalue weighted by Crippen LogP contribution is 2.43. The van der Waals surface area contributed by atoms with Gasteiger partial charge < -0.3 is 29.9 Å². The molecule has 8 heteroatoms. The number of allylic oxidation sites excluding steroid dienone is 2. The van der Waals surface area contributed by atoms with Gasteiger partial charge in [-0.3, -0.25) is 0 Å². The van der Waals surface area contributed by atoms with Crippen LogP contribution in [0.3, 0.4) is 0 Å². The Bertz CT molecular complexity index is 1030. The fraction of sp³-hybridized carbons (Fsp3) is 0.379. The minimum atomic E-state index is -1.11. The molecule has 0 saturated carbocycles. The van der Waals surface area contributed by atoms with Gasteiger partial charge in [0.15, 0.2) is 12.6 Å². The number of carboxylic acids is 2. The lowest BCUT2D eigenvalue weighted by molar-refractivity contribution is -0.133. The van der Waals surface area contributed by atoms with Crippen LogP contribution in [0.25, 0.3) is 0 Å². The van der Waals surface area contributed by atoms with Crippen molar-refractivity contribution in [3.63, 3.8) is 0 Å². The summed E-state index contributed by atoms with van der Waals surface area (Å²) in [7, 11) is 0. The van der Waals surface area contributed by atoms with Crippen LogP contribution in [0.1, 0.15) is 58.6 Å². The molecule has 2 aromatic rings. The van der Waals surface area contributed by atoms with Crippen LogP contribution in [0.2, 0.25) is 0 Å². The molecule has 0 radical (unpaired) electrons. The van der Waals surface area contributed by atoms with Gasteiger partial charge in [-0.2, -0.15) is 0 Å². The molecule has 8 nitrogen and oxygen atoms in total. The van der Waals surface area contributed by atoms with E-state index >= 15 is 0 Å². The number of aliphatic carboxylic acids is 2. The van der Waals surface area contributed by atoms with Crippen molar-refractivity contribution in [2.45, 2.75) is 65.5 Å². The fourth-order valence-electron chi connectivity index (χ4n) is 3.85. The SMILES string of the molecule is CCC(O)Oc1ccc(C(C)(c2ccc(OC(O)CC)cc2)C(C=C(C)C(=O)O)C=C(C)C(=O)O)cc1. The Balaban J connectivity index is 2.73. The molecule has 0 amide bonds. The maximum absolute atomic E-state index is 11.7. The van der Waals surface area contributed by atoms with Crippen molar-refractivity contribution in [1.29, 1.82) is 0 Å². The summed E-state index contributed by atoms with van der Waals surface area (Å²) in [5, 5.41) is 38.8. The van der Waals surface area contributed by atoms with E-state index in [0.29, 0.717) is 24.3 Å². The Morgan fingerprint density at radius 3 is 1.35 bits per heavy atom. The zero-order valence-corrected chi connectivity index (χ0v) is 21.8. The first kappa shape index (κ1) is 29.6. The number of aliphatic hydroxyl groups is 2. The van der Waals surface area contributed by atoms with E-state index < -0.39 is 35.9 Å². The number of hydrogen-bond acceptors (Lipinski definition) is 6. The number of carboxylic acid groups (broad SMARTS) is 2. The van der Waals surface area contributed by atoms with E-state index in [9.17, 15) is 30.0 Å². The highest BCUT2D eigenvalue weighted by molar-refractivity contribution is 5.87. The average Bonchev–Trinajstić information content (AvgIpc) is 2.88. The van der Waals surface area contributed by atoms with Gasteiger partial charge in [0.05, 0.1) is 0 Å². The summed E-state index contributed by atoms with van der Waals surface area (Å²) in [6.07, 6.45) is 2.04. The van der Waals surface area contributed by atoms with Crippen LogP contribution < -0.4 is 9.47 Å². The molecule has 0 spiro atoms. The van der Waals surface area contributed by atoms with Gasteiger partial charge in [-0.25, -0.2) is 9.59 Å². The van der Waals surface area contributed by atoms with Crippen LogP contribution >= 0.6 is 0 Å². The zero-order valence-electron chi connectivity index (χ0n) is 21.8. The molecule has 2 aromatic carbocycles. The van der Waals surface area contributed by atoms with Crippen LogP contribution in [0.4, 0.5) is 0 Å². The van der Waals surface area contributed by atoms with E-state index in [1.54, 1.807) is 50.3 Å². The van der Waals surface area contributed by atoms with Crippen LogP contribution in [0.15, 0.2) is 71.8 Å². The summed E-state index contributed by atoms with van der Waals surface area (Å²) in [5.74, 6) is -1.96. The lowest BCUT2D eigenvalue weighted by atomic mass is 9.66. The van der Waals surface area contributed by atoms with Crippen molar-refractivity contribution in [1.82, 2.24) is 0 Å². The van der Waals surface area contributed by atoms with Crippen molar-refractivity contribution in [3.05, 3.63) is 83.0 Å². The molecule has 2 unspecified atom stereocenters. The largest absolute Gasteiger partial charge is 0.478 e. The van der Waals surface area contributed by atoms with Crippen molar-refractivity contribution >= 4 is 11.9 Å². The van der Waals surface area contributed by atoms with Crippen LogP contribution in [0.5, 0.6) is 11.5 Å². The summed E-state index contributed by atoms with van der Waals surface area (Å²) in [6.45, 7) is 8.42. The third-order valence-electron chi connectivity index (χ3n) is 6.35. The van der Waals surface area contributed by atoms with Crippen LogP contribution in [-0.4, -0.2) is 44.9 Å². The Morgan fingerprint density at radius 2 is 1.08 bits per heavy atom. The summed E-state index contributed by atoms with van der Waals surface area (Å²) < 4.78 is 11.0. The highest BCUT2D eigenvalue weighted by atomic mass is 16.6. The van der Waals surface area contributed by atoms with Crippen molar-refractivity contribution in [2.75, 3.05) is 0 Å². The normalized spacial score (nSPS) is 16.3. The Labute approximate surface area is 217 Å². The van der Waals surface area contributed by atoms with Crippen molar-refractivity contribution in [2.24, 2.45) is 5.92 Å². The van der Waals surface area contributed by atoms with Gasteiger partial charge in [0.1, 0.15) is 11.5 Å². The second kappa shape index (κ2) is 13.1. The number of hydrogen-bond donors (Lipinski definition) is 4. The van der Waals surface area contributed by atoms with E-state index in [4.69, 9.17) is 9.47 Å². The number of carbonyl (C=O) groups is 2. The topological polar surface area (TPSA) is 134 Å². The molecule has 0 heterocycles. The highest BCUT2D eigenvalue weighted by Gasteiger charge is 2.36. The quantitative estimate of drug-likeness (QED) is 0.220. The van der Waals surface area contributed by atoms with E-state index in [1.165, 1.54) is 13.8 Å². The molecule has 2 rings (SSSR count). The van der Waals surface area contributed by atoms with Crippen molar-refractivity contribution < 1.29 is 39.5 Å². The van der Waals surface area contributed by atoms with Gasteiger partial charge in [0, 0.05) is 35.3 Å². The van der Waals surface area contributed by atoms with Gasteiger partial charge in [0.25, 0.3) is 0 Å². The Kier molecular flexibility index (Phi) is 10.5.